The van der Waals surface area contributed by atoms with Gasteiger partial charge in [0.1, 0.15) is 10.0 Å². The summed E-state index contributed by atoms with van der Waals surface area (Å²) in [4.78, 5) is 6.19. The van der Waals surface area contributed by atoms with E-state index in [1.807, 2.05) is 0 Å². The van der Waals surface area contributed by atoms with Crippen molar-refractivity contribution in [3.63, 3.8) is 0 Å². The van der Waals surface area contributed by atoms with Gasteiger partial charge in [-0.1, -0.05) is 11.6 Å². The molecule has 1 aliphatic rings. The molecule has 1 fully saturated rings. The molecular formula is C12H18ClN3O2S. The third kappa shape index (κ3) is 3.08. The normalized spacial score (nSPS) is 18.9. The molecule has 0 atom stereocenters. The molecule has 1 aliphatic heterocycles. The van der Waals surface area contributed by atoms with Gasteiger partial charge in [-0.15, -0.1) is 0 Å². The number of pyridine rings is 1. The van der Waals surface area contributed by atoms with Gasteiger partial charge in [-0.25, -0.2) is 13.4 Å². The quantitative estimate of drug-likeness (QED) is 0.793. The maximum Gasteiger partial charge on any atom is 0.246 e. The van der Waals surface area contributed by atoms with Gasteiger partial charge in [0.25, 0.3) is 0 Å². The summed E-state index contributed by atoms with van der Waals surface area (Å²) in [6.07, 6.45) is 1.48. The van der Waals surface area contributed by atoms with Gasteiger partial charge in [0.05, 0.1) is 0 Å². The van der Waals surface area contributed by atoms with E-state index in [4.69, 9.17) is 11.6 Å². The number of rotatable bonds is 3. The minimum atomic E-state index is -3.53. The first-order chi connectivity index (χ1) is 8.93. The number of piperazine rings is 1. The van der Waals surface area contributed by atoms with Crippen LogP contribution in [0.2, 0.25) is 5.15 Å². The molecule has 19 heavy (non-hydrogen) atoms. The zero-order chi connectivity index (χ0) is 14.0. The molecule has 1 saturated heterocycles. The molecule has 0 N–H and O–H groups in total. The molecule has 106 valence electrons. The molecule has 0 unspecified atom stereocenters. The average Bonchev–Trinajstić information content (AvgIpc) is 2.39. The number of halogens is 1. The zero-order valence-electron chi connectivity index (χ0n) is 11.1. The summed E-state index contributed by atoms with van der Waals surface area (Å²) in [5.74, 6) is 0. The molecule has 2 rings (SSSR count). The first kappa shape index (κ1) is 14.7. The van der Waals surface area contributed by atoms with E-state index in [2.05, 4.69) is 23.7 Å². The second-order valence-corrected chi connectivity index (χ2v) is 7.09. The highest BCUT2D eigenvalue weighted by Gasteiger charge is 2.30. The largest absolute Gasteiger partial charge is 0.298 e. The highest BCUT2D eigenvalue weighted by Crippen LogP contribution is 2.23. The zero-order valence-corrected chi connectivity index (χ0v) is 12.7. The lowest BCUT2D eigenvalue weighted by molar-refractivity contribution is 0.154. The molecule has 0 bridgehead atoms. The Morgan fingerprint density at radius 1 is 1.26 bits per heavy atom. The van der Waals surface area contributed by atoms with Crippen LogP contribution in [0.15, 0.2) is 23.2 Å². The molecule has 0 aromatic carbocycles. The van der Waals surface area contributed by atoms with Gasteiger partial charge in [-0.2, -0.15) is 4.31 Å². The number of hydrogen-bond acceptors (Lipinski definition) is 4. The van der Waals surface area contributed by atoms with Crippen molar-refractivity contribution in [1.29, 1.82) is 0 Å². The Labute approximate surface area is 119 Å². The fourth-order valence-electron chi connectivity index (χ4n) is 2.16. The van der Waals surface area contributed by atoms with Crippen LogP contribution in [-0.2, 0) is 10.0 Å². The third-order valence-corrected chi connectivity index (χ3v) is 5.69. The highest BCUT2D eigenvalue weighted by atomic mass is 35.5. The van der Waals surface area contributed by atoms with Crippen LogP contribution in [0.5, 0.6) is 0 Å². The Hall–Kier alpha value is -0.690. The van der Waals surface area contributed by atoms with E-state index in [1.165, 1.54) is 16.6 Å². The third-order valence-electron chi connectivity index (χ3n) is 3.35. The summed E-state index contributed by atoms with van der Waals surface area (Å²) < 4.78 is 26.4. The van der Waals surface area contributed by atoms with Gasteiger partial charge in [0, 0.05) is 38.4 Å². The van der Waals surface area contributed by atoms with Crippen molar-refractivity contribution in [3.05, 3.63) is 23.5 Å². The summed E-state index contributed by atoms with van der Waals surface area (Å²) >= 11 is 5.88. The lowest BCUT2D eigenvalue weighted by Gasteiger charge is -2.36. The van der Waals surface area contributed by atoms with E-state index in [1.54, 1.807) is 6.07 Å². The molecule has 0 radical (unpaired) electrons. The van der Waals surface area contributed by atoms with Crippen LogP contribution in [0.25, 0.3) is 0 Å². The van der Waals surface area contributed by atoms with E-state index in [0.29, 0.717) is 19.1 Å². The SMILES string of the molecule is CC(C)N1CCN(S(=O)(=O)c2cccnc2Cl)CC1. The van der Waals surface area contributed by atoms with Gasteiger partial charge in [0.2, 0.25) is 10.0 Å². The Morgan fingerprint density at radius 3 is 2.42 bits per heavy atom. The lowest BCUT2D eigenvalue weighted by Crippen LogP contribution is -2.50. The summed E-state index contributed by atoms with van der Waals surface area (Å²) in [5, 5.41) is 0.0359. The molecule has 1 aromatic rings. The van der Waals surface area contributed by atoms with Crippen molar-refractivity contribution in [2.24, 2.45) is 0 Å². The Kier molecular flexibility index (Phi) is 4.45. The monoisotopic (exact) mass is 303 g/mol. The first-order valence-electron chi connectivity index (χ1n) is 6.27. The fraction of sp³-hybridized carbons (Fsp3) is 0.583. The standard InChI is InChI=1S/C12H18ClN3O2S/c1-10(2)15-6-8-16(9-7-15)19(17,18)11-4-3-5-14-12(11)13/h3-5,10H,6-9H2,1-2H3. The summed E-state index contributed by atoms with van der Waals surface area (Å²) in [7, 11) is -3.53. The van der Waals surface area contributed by atoms with Gasteiger partial charge >= 0.3 is 0 Å². The molecule has 0 aliphatic carbocycles. The predicted molar refractivity (Wildman–Crippen MR) is 74.7 cm³/mol. The van der Waals surface area contributed by atoms with Crippen LogP contribution in [0.4, 0.5) is 0 Å². The second kappa shape index (κ2) is 5.75. The van der Waals surface area contributed by atoms with E-state index in [9.17, 15) is 8.42 Å². The van der Waals surface area contributed by atoms with E-state index >= 15 is 0 Å². The topological polar surface area (TPSA) is 53.5 Å². The number of nitrogens with zero attached hydrogens (tertiary/aromatic N) is 3. The van der Waals surface area contributed by atoms with Crippen LogP contribution in [0, 0.1) is 0 Å². The van der Waals surface area contributed by atoms with E-state index < -0.39 is 10.0 Å². The van der Waals surface area contributed by atoms with Gasteiger partial charge in [-0.05, 0) is 26.0 Å². The van der Waals surface area contributed by atoms with Crippen molar-refractivity contribution in [1.82, 2.24) is 14.2 Å². The predicted octanol–water partition coefficient (Wildman–Crippen LogP) is 1.45. The lowest BCUT2D eigenvalue weighted by atomic mass is 10.3. The van der Waals surface area contributed by atoms with Crippen LogP contribution < -0.4 is 0 Å². The first-order valence-corrected chi connectivity index (χ1v) is 8.09. The number of sulfonamides is 1. The smallest absolute Gasteiger partial charge is 0.246 e. The van der Waals surface area contributed by atoms with Crippen molar-refractivity contribution in [2.45, 2.75) is 24.8 Å². The van der Waals surface area contributed by atoms with Gasteiger partial charge < -0.3 is 0 Å². The molecule has 7 heteroatoms. The molecule has 1 aromatic heterocycles. The van der Waals surface area contributed by atoms with E-state index in [-0.39, 0.29) is 10.0 Å². The molecular weight excluding hydrogens is 286 g/mol. The van der Waals surface area contributed by atoms with Crippen molar-refractivity contribution < 1.29 is 8.42 Å². The molecule has 2 heterocycles. The Bertz CT molecular complexity index is 540. The maximum atomic E-state index is 12.5. The minimum Gasteiger partial charge on any atom is -0.298 e. The Balaban J connectivity index is 2.17. The summed E-state index contributed by atoms with van der Waals surface area (Å²) in [5.41, 5.74) is 0. The molecule has 0 spiro atoms. The minimum absolute atomic E-state index is 0.0359. The second-order valence-electron chi connectivity index (χ2n) is 4.83. The summed E-state index contributed by atoms with van der Waals surface area (Å²) in [6, 6.07) is 3.52. The molecule has 0 amide bonds. The average molecular weight is 304 g/mol. The maximum absolute atomic E-state index is 12.5. The van der Waals surface area contributed by atoms with Gasteiger partial charge in [0.15, 0.2) is 0 Å². The van der Waals surface area contributed by atoms with Crippen LogP contribution in [0.1, 0.15) is 13.8 Å². The molecule has 0 saturated carbocycles. The number of aromatic nitrogens is 1. The number of hydrogen-bond donors (Lipinski definition) is 0. The van der Waals surface area contributed by atoms with Crippen molar-refractivity contribution in [2.75, 3.05) is 26.2 Å². The van der Waals surface area contributed by atoms with E-state index in [0.717, 1.165) is 13.1 Å². The van der Waals surface area contributed by atoms with Crippen molar-refractivity contribution >= 4 is 21.6 Å². The highest BCUT2D eigenvalue weighted by molar-refractivity contribution is 7.89. The van der Waals surface area contributed by atoms with Crippen LogP contribution in [0.3, 0.4) is 0 Å². The van der Waals surface area contributed by atoms with Gasteiger partial charge in [-0.3, -0.25) is 4.90 Å². The van der Waals surface area contributed by atoms with Crippen molar-refractivity contribution in [3.8, 4) is 0 Å². The summed E-state index contributed by atoms with van der Waals surface area (Å²) in [6.45, 7) is 6.70. The van der Waals surface area contributed by atoms with Crippen LogP contribution in [-0.4, -0.2) is 54.8 Å². The Morgan fingerprint density at radius 2 is 1.89 bits per heavy atom. The fourth-order valence-corrected chi connectivity index (χ4v) is 4.01. The molecule has 5 nitrogen and oxygen atoms in total. The van der Waals surface area contributed by atoms with Crippen LogP contribution >= 0.6 is 11.6 Å².